The van der Waals surface area contributed by atoms with E-state index >= 15 is 0 Å². The van der Waals surface area contributed by atoms with Crippen LogP contribution in [0.25, 0.3) is 0 Å². The molecular weight excluding hydrogens is 324 g/mol. The zero-order valence-electron chi connectivity index (χ0n) is 14.4. The number of nitrogens with one attached hydrogen (secondary N) is 1. The first kappa shape index (κ1) is 18.5. The van der Waals surface area contributed by atoms with Crippen LogP contribution in [0.3, 0.4) is 0 Å². The maximum atomic E-state index is 3.73. The van der Waals surface area contributed by atoms with E-state index in [1.54, 1.807) is 0 Å². The Hall–Kier alpha value is -0.540. The van der Waals surface area contributed by atoms with Crippen molar-refractivity contribution in [2.75, 3.05) is 18.0 Å². The molecule has 1 N–H and O–H groups in total. The molecule has 0 atom stereocenters. The van der Waals surface area contributed by atoms with Gasteiger partial charge >= 0.3 is 0 Å². The first-order chi connectivity index (χ1) is 9.79. The van der Waals surface area contributed by atoms with Gasteiger partial charge in [-0.2, -0.15) is 0 Å². The Morgan fingerprint density at radius 3 is 2.00 bits per heavy atom. The molecule has 0 amide bonds. The van der Waals surface area contributed by atoms with Gasteiger partial charge in [-0.05, 0) is 29.5 Å². The number of benzene rings is 1. The normalized spacial score (nSPS) is 11.7. The Morgan fingerprint density at radius 2 is 1.57 bits per heavy atom. The van der Waals surface area contributed by atoms with Gasteiger partial charge in [0.15, 0.2) is 0 Å². The van der Waals surface area contributed by atoms with Gasteiger partial charge in [0.25, 0.3) is 0 Å². The fraction of sp³-hybridized carbons (Fsp3) is 0.667. The quantitative estimate of drug-likeness (QED) is 0.701. The molecule has 0 aliphatic heterocycles. The largest absolute Gasteiger partial charge is 0.371 e. The van der Waals surface area contributed by atoms with Gasteiger partial charge in [-0.15, -0.1) is 0 Å². The minimum atomic E-state index is 0.509. The molecule has 120 valence electrons. The highest BCUT2D eigenvalue weighted by molar-refractivity contribution is 9.10. The first-order valence-electron chi connectivity index (χ1n) is 8.06. The Morgan fingerprint density at radius 1 is 1.00 bits per heavy atom. The smallest absolute Gasteiger partial charge is 0.0377 e. The summed E-state index contributed by atoms with van der Waals surface area (Å²) in [5.74, 6) is 1.34. The molecule has 0 fully saturated rings. The van der Waals surface area contributed by atoms with Crippen LogP contribution in [0.4, 0.5) is 5.69 Å². The predicted octanol–water partition coefficient (Wildman–Crippen LogP) is 5.07. The summed E-state index contributed by atoms with van der Waals surface area (Å²) in [6.45, 7) is 16.6. The maximum Gasteiger partial charge on any atom is 0.0377 e. The number of rotatable bonds is 8. The van der Waals surface area contributed by atoms with Gasteiger partial charge in [-0.1, -0.05) is 63.5 Å². The van der Waals surface area contributed by atoms with Gasteiger partial charge in [0, 0.05) is 35.8 Å². The molecule has 21 heavy (non-hydrogen) atoms. The van der Waals surface area contributed by atoms with Gasteiger partial charge in [0.05, 0.1) is 0 Å². The fourth-order valence-corrected chi connectivity index (χ4v) is 2.86. The third kappa shape index (κ3) is 6.84. The lowest BCUT2D eigenvalue weighted by molar-refractivity contribution is 0.552. The van der Waals surface area contributed by atoms with Crippen molar-refractivity contribution in [2.24, 2.45) is 11.8 Å². The Kier molecular flexibility index (Phi) is 7.75. The van der Waals surface area contributed by atoms with E-state index in [0.29, 0.717) is 17.9 Å². The third-order valence-electron chi connectivity index (χ3n) is 3.27. The van der Waals surface area contributed by atoms with E-state index in [1.165, 1.54) is 15.7 Å². The van der Waals surface area contributed by atoms with Crippen LogP contribution in [-0.2, 0) is 6.54 Å². The highest BCUT2D eigenvalue weighted by atomic mass is 79.9. The number of nitrogens with zero attached hydrogens (tertiary/aromatic N) is 1. The van der Waals surface area contributed by atoms with E-state index in [-0.39, 0.29) is 0 Å². The third-order valence-corrected chi connectivity index (χ3v) is 4.01. The van der Waals surface area contributed by atoms with Crippen LogP contribution in [0.15, 0.2) is 22.7 Å². The van der Waals surface area contributed by atoms with E-state index in [4.69, 9.17) is 0 Å². The molecule has 1 aromatic rings. The van der Waals surface area contributed by atoms with Crippen LogP contribution < -0.4 is 10.2 Å². The highest BCUT2D eigenvalue weighted by Crippen LogP contribution is 2.25. The standard InChI is InChI=1S/C18H31BrN2/c1-13(2)11-21(12-14(3)4)17-8-7-16(18(19)9-17)10-20-15(5)6/h7-9,13-15,20H,10-12H2,1-6H3. The van der Waals surface area contributed by atoms with Crippen molar-refractivity contribution in [3.8, 4) is 0 Å². The summed E-state index contributed by atoms with van der Waals surface area (Å²) in [6.07, 6.45) is 0. The summed E-state index contributed by atoms with van der Waals surface area (Å²) < 4.78 is 1.20. The molecule has 3 heteroatoms. The zero-order chi connectivity index (χ0) is 16.0. The molecule has 0 aliphatic rings. The lowest BCUT2D eigenvalue weighted by atomic mass is 10.1. The maximum absolute atomic E-state index is 3.73. The van der Waals surface area contributed by atoms with Gasteiger partial charge in [0.2, 0.25) is 0 Å². The second kappa shape index (κ2) is 8.79. The molecule has 0 spiro atoms. The van der Waals surface area contributed by atoms with E-state index in [9.17, 15) is 0 Å². The number of hydrogen-bond donors (Lipinski definition) is 1. The summed E-state index contributed by atoms with van der Waals surface area (Å²) in [6, 6.07) is 7.27. The summed E-state index contributed by atoms with van der Waals surface area (Å²) >= 11 is 3.73. The minimum Gasteiger partial charge on any atom is -0.371 e. The molecule has 2 nitrogen and oxygen atoms in total. The Balaban J connectivity index is 2.86. The monoisotopic (exact) mass is 354 g/mol. The van der Waals surface area contributed by atoms with Crippen molar-refractivity contribution in [3.63, 3.8) is 0 Å². The topological polar surface area (TPSA) is 15.3 Å². The second-order valence-corrected chi connectivity index (χ2v) is 7.86. The molecule has 0 unspecified atom stereocenters. The lowest BCUT2D eigenvalue weighted by Gasteiger charge is -2.29. The minimum absolute atomic E-state index is 0.509. The summed E-state index contributed by atoms with van der Waals surface area (Å²) in [7, 11) is 0. The lowest BCUT2D eigenvalue weighted by Crippen LogP contribution is -2.31. The summed E-state index contributed by atoms with van der Waals surface area (Å²) in [4.78, 5) is 2.50. The van der Waals surface area contributed by atoms with Crippen LogP contribution in [0.1, 0.15) is 47.1 Å². The van der Waals surface area contributed by atoms with Crippen molar-refractivity contribution in [1.29, 1.82) is 0 Å². The summed E-state index contributed by atoms with van der Waals surface area (Å²) in [5.41, 5.74) is 2.64. The molecular formula is C18H31BrN2. The second-order valence-electron chi connectivity index (χ2n) is 7.00. The molecule has 1 rings (SSSR count). The predicted molar refractivity (Wildman–Crippen MR) is 98.0 cm³/mol. The Bertz CT molecular complexity index is 417. The van der Waals surface area contributed by atoms with Crippen LogP contribution >= 0.6 is 15.9 Å². The summed E-state index contributed by atoms with van der Waals surface area (Å²) in [5, 5.41) is 3.47. The van der Waals surface area contributed by atoms with Crippen molar-refractivity contribution in [2.45, 2.75) is 54.1 Å². The zero-order valence-corrected chi connectivity index (χ0v) is 16.0. The van der Waals surface area contributed by atoms with Gasteiger partial charge in [-0.25, -0.2) is 0 Å². The first-order valence-corrected chi connectivity index (χ1v) is 8.85. The van der Waals surface area contributed by atoms with Crippen molar-refractivity contribution >= 4 is 21.6 Å². The molecule has 0 saturated heterocycles. The van der Waals surface area contributed by atoms with Crippen LogP contribution in [0.2, 0.25) is 0 Å². The molecule has 0 aromatic heterocycles. The molecule has 0 radical (unpaired) electrons. The number of hydrogen-bond acceptors (Lipinski definition) is 2. The number of anilines is 1. The van der Waals surface area contributed by atoms with Crippen LogP contribution in [0.5, 0.6) is 0 Å². The number of halogens is 1. The average molecular weight is 355 g/mol. The fourth-order valence-electron chi connectivity index (χ4n) is 2.36. The molecule has 0 bridgehead atoms. The van der Waals surface area contributed by atoms with Gasteiger partial charge in [-0.3, -0.25) is 0 Å². The molecule has 1 aromatic carbocycles. The van der Waals surface area contributed by atoms with Crippen molar-refractivity contribution < 1.29 is 0 Å². The van der Waals surface area contributed by atoms with E-state index in [2.05, 4.69) is 85.9 Å². The van der Waals surface area contributed by atoms with E-state index < -0.39 is 0 Å². The van der Waals surface area contributed by atoms with E-state index in [0.717, 1.165) is 19.6 Å². The molecule has 0 saturated carbocycles. The van der Waals surface area contributed by atoms with E-state index in [1.807, 2.05) is 0 Å². The van der Waals surface area contributed by atoms with Crippen LogP contribution in [0, 0.1) is 11.8 Å². The highest BCUT2D eigenvalue weighted by Gasteiger charge is 2.12. The van der Waals surface area contributed by atoms with Crippen molar-refractivity contribution in [1.82, 2.24) is 5.32 Å². The Labute approximate surface area is 139 Å². The molecule has 0 heterocycles. The SMILES string of the molecule is CC(C)CN(CC(C)C)c1ccc(CNC(C)C)c(Br)c1. The van der Waals surface area contributed by atoms with Crippen LogP contribution in [-0.4, -0.2) is 19.1 Å². The average Bonchev–Trinajstić information content (AvgIpc) is 2.35. The van der Waals surface area contributed by atoms with Gasteiger partial charge in [0.1, 0.15) is 0 Å². The van der Waals surface area contributed by atoms with Crippen molar-refractivity contribution in [3.05, 3.63) is 28.2 Å². The molecule has 0 aliphatic carbocycles. The van der Waals surface area contributed by atoms with Gasteiger partial charge < -0.3 is 10.2 Å².